The van der Waals surface area contributed by atoms with E-state index >= 15 is 0 Å². The minimum Gasteiger partial charge on any atom is -0.504 e. The predicted molar refractivity (Wildman–Crippen MR) is 85.5 cm³/mol. The molecule has 2 N–H and O–H groups in total. The summed E-state index contributed by atoms with van der Waals surface area (Å²) in [4.78, 5) is 0. The number of hydrogen-bond donors (Lipinski definition) is 2. The molecule has 3 nitrogen and oxygen atoms in total. The van der Waals surface area contributed by atoms with Gasteiger partial charge in [-0.3, -0.25) is 0 Å². The Labute approximate surface area is 127 Å². The topological polar surface area (TPSA) is 41.5 Å². The summed E-state index contributed by atoms with van der Waals surface area (Å²) >= 11 is 3.48. The van der Waals surface area contributed by atoms with Crippen molar-refractivity contribution in [2.24, 2.45) is 0 Å². The van der Waals surface area contributed by atoms with Gasteiger partial charge in [0.05, 0.1) is 7.11 Å². The quantitative estimate of drug-likeness (QED) is 0.854. The summed E-state index contributed by atoms with van der Waals surface area (Å²) in [5.74, 6) is 0.657. The first kappa shape index (κ1) is 14.7. The lowest BCUT2D eigenvalue weighted by atomic mass is 10.1. The van der Waals surface area contributed by atoms with Gasteiger partial charge in [0.25, 0.3) is 0 Å². The molecule has 106 valence electrons. The Morgan fingerprint density at radius 1 is 1.20 bits per heavy atom. The third-order valence-electron chi connectivity index (χ3n) is 3.17. The van der Waals surface area contributed by atoms with Crippen LogP contribution in [-0.2, 0) is 13.0 Å². The van der Waals surface area contributed by atoms with Crippen LogP contribution in [0.25, 0.3) is 0 Å². The zero-order valence-electron chi connectivity index (χ0n) is 11.6. The number of halogens is 1. The van der Waals surface area contributed by atoms with E-state index in [0.29, 0.717) is 12.3 Å². The Morgan fingerprint density at radius 2 is 2.00 bits per heavy atom. The standard InChI is InChI=1S/C16H18BrNO2/c1-3-12-9-13(17)5-6-14(12)18-10-11-4-7-16(20-2)15(19)8-11/h4-9,18-19H,3,10H2,1-2H3. The second-order valence-corrected chi connectivity index (χ2v) is 5.43. The van der Waals surface area contributed by atoms with Crippen molar-refractivity contribution in [1.29, 1.82) is 0 Å². The summed E-state index contributed by atoms with van der Waals surface area (Å²) in [7, 11) is 1.54. The van der Waals surface area contributed by atoms with Crippen molar-refractivity contribution in [3.8, 4) is 11.5 Å². The first-order valence-electron chi connectivity index (χ1n) is 6.52. The normalized spacial score (nSPS) is 10.3. The lowest BCUT2D eigenvalue weighted by molar-refractivity contribution is 0.373. The van der Waals surface area contributed by atoms with Crippen LogP contribution in [0.15, 0.2) is 40.9 Å². The molecule has 2 rings (SSSR count). The van der Waals surface area contributed by atoms with Gasteiger partial charge in [-0.25, -0.2) is 0 Å². The molecule has 0 saturated heterocycles. The Kier molecular flexibility index (Phi) is 4.90. The number of nitrogens with one attached hydrogen (secondary N) is 1. The molecule has 0 aliphatic rings. The molecule has 0 amide bonds. The number of anilines is 1. The molecule has 20 heavy (non-hydrogen) atoms. The molecular formula is C16H18BrNO2. The number of hydrogen-bond acceptors (Lipinski definition) is 3. The van der Waals surface area contributed by atoms with E-state index in [1.807, 2.05) is 12.1 Å². The van der Waals surface area contributed by atoms with E-state index < -0.39 is 0 Å². The molecule has 0 unspecified atom stereocenters. The van der Waals surface area contributed by atoms with Crippen LogP contribution in [0.3, 0.4) is 0 Å². The van der Waals surface area contributed by atoms with Gasteiger partial charge in [-0.05, 0) is 47.9 Å². The van der Waals surface area contributed by atoms with E-state index in [4.69, 9.17) is 4.74 Å². The van der Waals surface area contributed by atoms with Crippen LogP contribution < -0.4 is 10.1 Å². The summed E-state index contributed by atoms with van der Waals surface area (Å²) in [6.45, 7) is 2.79. The maximum absolute atomic E-state index is 9.77. The number of aromatic hydroxyl groups is 1. The van der Waals surface area contributed by atoms with Crippen molar-refractivity contribution in [1.82, 2.24) is 0 Å². The summed E-state index contributed by atoms with van der Waals surface area (Å²) in [5.41, 5.74) is 3.39. The molecule has 0 heterocycles. The summed E-state index contributed by atoms with van der Waals surface area (Å²) in [6.07, 6.45) is 0.968. The molecule has 0 spiro atoms. The van der Waals surface area contributed by atoms with Crippen LogP contribution in [0.4, 0.5) is 5.69 Å². The van der Waals surface area contributed by atoms with Gasteiger partial charge in [-0.2, -0.15) is 0 Å². The highest BCUT2D eigenvalue weighted by Crippen LogP contribution is 2.27. The molecule has 0 aromatic heterocycles. The lowest BCUT2D eigenvalue weighted by Crippen LogP contribution is -2.02. The van der Waals surface area contributed by atoms with Crippen LogP contribution in [0.1, 0.15) is 18.1 Å². The number of methoxy groups -OCH3 is 1. The average molecular weight is 336 g/mol. The molecule has 2 aromatic carbocycles. The molecular weight excluding hydrogens is 318 g/mol. The summed E-state index contributed by atoms with van der Waals surface area (Å²) < 4.78 is 6.12. The largest absolute Gasteiger partial charge is 0.504 e. The number of rotatable bonds is 5. The molecule has 0 aliphatic carbocycles. The maximum atomic E-state index is 9.77. The molecule has 0 aliphatic heterocycles. The summed E-state index contributed by atoms with van der Waals surface area (Å²) in [6, 6.07) is 11.6. The SMILES string of the molecule is CCc1cc(Br)ccc1NCc1ccc(OC)c(O)c1. The van der Waals surface area contributed by atoms with E-state index in [0.717, 1.165) is 22.1 Å². The van der Waals surface area contributed by atoms with Gasteiger partial charge < -0.3 is 15.2 Å². The number of ether oxygens (including phenoxy) is 1. The van der Waals surface area contributed by atoms with Crippen molar-refractivity contribution in [3.05, 3.63) is 52.0 Å². The number of phenolic OH excluding ortho intramolecular Hbond substituents is 1. The molecule has 0 saturated carbocycles. The monoisotopic (exact) mass is 335 g/mol. The second-order valence-electron chi connectivity index (χ2n) is 4.51. The highest BCUT2D eigenvalue weighted by atomic mass is 79.9. The van der Waals surface area contributed by atoms with Gasteiger partial charge in [0, 0.05) is 16.7 Å². The average Bonchev–Trinajstić information content (AvgIpc) is 2.46. The van der Waals surface area contributed by atoms with Crippen molar-refractivity contribution in [2.45, 2.75) is 19.9 Å². The molecule has 0 radical (unpaired) electrons. The first-order valence-corrected chi connectivity index (χ1v) is 7.31. The fraction of sp³-hybridized carbons (Fsp3) is 0.250. The van der Waals surface area contributed by atoms with Crippen molar-refractivity contribution in [3.63, 3.8) is 0 Å². The third kappa shape index (κ3) is 3.45. The van der Waals surface area contributed by atoms with Crippen LogP contribution in [0, 0.1) is 0 Å². The van der Waals surface area contributed by atoms with Gasteiger partial charge in [0.2, 0.25) is 0 Å². The van der Waals surface area contributed by atoms with Gasteiger partial charge in [0.1, 0.15) is 0 Å². The molecule has 0 fully saturated rings. The Morgan fingerprint density at radius 3 is 2.65 bits per heavy atom. The highest BCUT2D eigenvalue weighted by molar-refractivity contribution is 9.10. The molecule has 0 atom stereocenters. The van der Waals surface area contributed by atoms with E-state index in [-0.39, 0.29) is 5.75 Å². The van der Waals surface area contributed by atoms with Gasteiger partial charge in [-0.15, -0.1) is 0 Å². The van der Waals surface area contributed by atoms with E-state index in [1.54, 1.807) is 19.2 Å². The predicted octanol–water partition coefficient (Wildman–Crippen LogP) is 4.34. The van der Waals surface area contributed by atoms with Crippen LogP contribution >= 0.6 is 15.9 Å². The zero-order chi connectivity index (χ0) is 14.5. The third-order valence-corrected chi connectivity index (χ3v) is 3.67. The van der Waals surface area contributed by atoms with Gasteiger partial charge >= 0.3 is 0 Å². The van der Waals surface area contributed by atoms with Crippen molar-refractivity contribution < 1.29 is 9.84 Å². The second kappa shape index (κ2) is 6.66. The smallest absolute Gasteiger partial charge is 0.160 e. The van der Waals surface area contributed by atoms with E-state index in [2.05, 4.69) is 40.3 Å². The molecule has 2 aromatic rings. The Balaban J connectivity index is 2.10. The van der Waals surface area contributed by atoms with Crippen LogP contribution in [-0.4, -0.2) is 12.2 Å². The zero-order valence-corrected chi connectivity index (χ0v) is 13.2. The number of phenols is 1. The minimum absolute atomic E-state index is 0.165. The van der Waals surface area contributed by atoms with E-state index in [9.17, 15) is 5.11 Å². The number of aryl methyl sites for hydroxylation is 1. The highest BCUT2D eigenvalue weighted by Gasteiger charge is 2.04. The number of benzene rings is 2. The van der Waals surface area contributed by atoms with E-state index in [1.165, 1.54) is 5.56 Å². The Bertz CT molecular complexity index is 599. The van der Waals surface area contributed by atoms with Crippen LogP contribution in [0.5, 0.6) is 11.5 Å². The molecule has 0 bridgehead atoms. The van der Waals surface area contributed by atoms with Gasteiger partial charge in [0.15, 0.2) is 11.5 Å². The van der Waals surface area contributed by atoms with Crippen LogP contribution in [0.2, 0.25) is 0 Å². The van der Waals surface area contributed by atoms with Gasteiger partial charge in [-0.1, -0.05) is 28.9 Å². The first-order chi connectivity index (χ1) is 9.63. The maximum Gasteiger partial charge on any atom is 0.160 e. The molecule has 4 heteroatoms. The van der Waals surface area contributed by atoms with Crippen molar-refractivity contribution >= 4 is 21.6 Å². The minimum atomic E-state index is 0.165. The summed E-state index contributed by atoms with van der Waals surface area (Å²) in [5, 5.41) is 13.2. The Hall–Kier alpha value is -1.68. The lowest BCUT2D eigenvalue weighted by Gasteiger charge is -2.12. The van der Waals surface area contributed by atoms with Crippen molar-refractivity contribution in [2.75, 3.05) is 12.4 Å². The fourth-order valence-corrected chi connectivity index (χ4v) is 2.48. The fourth-order valence-electron chi connectivity index (χ4n) is 2.07.